The van der Waals surface area contributed by atoms with Gasteiger partial charge in [0.25, 0.3) is 0 Å². The van der Waals surface area contributed by atoms with Gasteiger partial charge in [-0.1, -0.05) is 43.2 Å². The Bertz CT molecular complexity index is 730. The summed E-state index contributed by atoms with van der Waals surface area (Å²) >= 11 is 1.35. The van der Waals surface area contributed by atoms with Crippen molar-refractivity contribution in [2.45, 2.75) is 56.8 Å². The van der Waals surface area contributed by atoms with Crippen molar-refractivity contribution in [3.63, 3.8) is 0 Å². The van der Waals surface area contributed by atoms with Gasteiger partial charge in [-0.15, -0.1) is 5.10 Å². The van der Waals surface area contributed by atoms with Crippen LogP contribution in [0.5, 0.6) is 0 Å². The maximum absolute atomic E-state index is 13.3. The van der Waals surface area contributed by atoms with Crippen molar-refractivity contribution in [3.05, 3.63) is 35.1 Å². The summed E-state index contributed by atoms with van der Waals surface area (Å²) in [6.07, 6.45) is 5.86. The lowest BCUT2D eigenvalue weighted by Crippen LogP contribution is -2.25. The molecule has 0 unspecified atom stereocenters. The van der Waals surface area contributed by atoms with Crippen LogP contribution in [0.1, 0.15) is 49.3 Å². The van der Waals surface area contributed by atoms with Crippen LogP contribution in [0.2, 0.25) is 0 Å². The number of nitrogens with one attached hydrogen (secondary N) is 1. The second-order valence-electron chi connectivity index (χ2n) is 6.35. The van der Waals surface area contributed by atoms with Crippen molar-refractivity contribution in [1.29, 1.82) is 0 Å². The van der Waals surface area contributed by atoms with Gasteiger partial charge >= 0.3 is 0 Å². The van der Waals surface area contributed by atoms with Crippen LogP contribution in [0.25, 0.3) is 0 Å². The number of hydrogen-bond donors (Lipinski definition) is 1. The van der Waals surface area contributed by atoms with Crippen LogP contribution < -0.4 is 5.32 Å². The van der Waals surface area contributed by atoms with Crippen LogP contribution in [0.3, 0.4) is 0 Å². The maximum Gasteiger partial charge on any atom is 0.230 e. The zero-order valence-corrected chi connectivity index (χ0v) is 15.1. The minimum Gasteiger partial charge on any atom is -0.351 e. The third-order valence-corrected chi connectivity index (χ3v) is 5.36. The van der Waals surface area contributed by atoms with E-state index in [0.29, 0.717) is 23.3 Å². The lowest BCUT2D eigenvalue weighted by atomic mass is 9.96. The molecule has 1 aromatic heterocycles. The highest BCUT2D eigenvalue weighted by Gasteiger charge is 2.20. The van der Waals surface area contributed by atoms with Gasteiger partial charge in [-0.2, -0.15) is 0 Å². The molecule has 0 atom stereocenters. The van der Waals surface area contributed by atoms with Crippen molar-refractivity contribution in [1.82, 2.24) is 25.5 Å². The summed E-state index contributed by atoms with van der Waals surface area (Å²) in [6, 6.07) is 5.19. The molecule has 1 fully saturated rings. The normalized spacial score (nSPS) is 15.3. The Morgan fingerprint density at radius 1 is 1.36 bits per heavy atom. The lowest BCUT2D eigenvalue weighted by Gasteiger charge is -2.21. The molecule has 1 aliphatic rings. The number of nitrogens with zero attached hydrogens (tertiary/aromatic N) is 4. The summed E-state index contributed by atoms with van der Waals surface area (Å²) < 4.78 is 15.1. The van der Waals surface area contributed by atoms with Crippen molar-refractivity contribution < 1.29 is 9.18 Å². The van der Waals surface area contributed by atoms with Gasteiger partial charge in [0.05, 0.1) is 11.8 Å². The van der Waals surface area contributed by atoms with E-state index in [0.717, 1.165) is 18.4 Å². The van der Waals surface area contributed by atoms with E-state index in [1.54, 1.807) is 19.1 Å². The topological polar surface area (TPSA) is 72.7 Å². The standard InChI is InChI=1S/C17H22FN5OS/c1-12-9-13(7-8-15(12)18)10-19-16(24)11-25-17-20-21-22-23(17)14-5-3-2-4-6-14/h7-9,14H,2-6,10-11H2,1H3,(H,19,24). The highest BCUT2D eigenvalue weighted by Crippen LogP contribution is 2.30. The van der Waals surface area contributed by atoms with E-state index in [1.165, 1.54) is 37.1 Å². The minimum absolute atomic E-state index is 0.0924. The SMILES string of the molecule is Cc1cc(CNC(=O)CSc2nnnn2C2CCCCC2)ccc1F. The molecule has 1 saturated carbocycles. The molecule has 0 bridgehead atoms. The fourth-order valence-corrected chi connectivity index (χ4v) is 3.81. The molecule has 6 nitrogen and oxygen atoms in total. The summed E-state index contributed by atoms with van der Waals surface area (Å²) in [5.74, 6) is -0.0712. The zero-order chi connectivity index (χ0) is 17.6. The number of carbonyl (C=O) groups is 1. The number of aromatic nitrogens is 4. The molecule has 134 valence electrons. The highest BCUT2D eigenvalue weighted by atomic mass is 32.2. The second-order valence-corrected chi connectivity index (χ2v) is 7.29. The second kappa shape index (κ2) is 8.42. The summed E-state index contributed by atoms with van der Waals surface area (Å²) in [5, 5.41) is 15.4. The number of rotatable bonds is 6. The smallest absolute Gasteiger partial charge is 0.230 e. The number of benzene rings is 1. The van der Waals surface area contributed by atoms with E-state index >= 15 is 0 Å². The largest absolute Gasteiger partial charge is 0.351 e. The van der Waals surface area contributed by atoms with E-state index in [1.807, 2.05) is 4.68 Å². The van der Waals surface area contributed by atoms with Gasteiger partial charge < -0.3 is 5.32 Å². The first-order valence-corrected chi connectivity index (χ1v) is 9.54. The summed E-state index contributed by atoms with van der Waals surface area (Å²) in [7, 11) is 0. The molecular formula is C17H22FN5OS. The number of hydrogen-bond acceptors (Lipinski definition) is 5. The maximum atomic E-state index is 13.3. The first-order chi connectivity index (χ1) is 12.1. The van der Waals surface area contributed by atoms with E-state index < -0.39 is 0 Å². The monoisotopic (exact) mass is 363 g/mol. The number of aryl methyl sites for hydroxylation is 1. The number of carbonyl (C=O) groups excluding carboxylic acids is 1. The summed E-state index contributed by atoms with van der Waals surface area (Å²) in [5.41, 5.74) is 1.46. The van der Waals surface area contributed by atoms with E-state index in [4.69, 9.17) is 0 Å². The summed E-state index contributed by atoms with van der Waals surface area (Å²) in [4.78, 5) is 12.1. The van der Waals surface area contributed by atoms with Gasteiger partial charge in [-0.05, 0) is 47.4 Å². The number of thioether (sulfide) groups is 1. The highest BCUT2D eigenvalue weighted by molar-refractivity contribution is 7.99. The third kappa shape index (κ3) is 4.78. The quantitative estimate of drug-likeness (QED) is 0.799. The average molecular weight is 363 g/mol. The zero-order valence-electron chi connectivity index (χ0n) is 14.2. The van der Waals surface area contributed by atoms with Gasteiger partial charge in [0.2, 0.25) is 11.1 Å². The molecule has 2 aromatic rings. The van der Waals surface area contributed by atoms with Crippen LogP contribution in [0.4, 0.5) is 4.39 Å². The van der Waals surface area contributed by atoms with Crippen LogP contribution >= 0.6 is 11.8 Å². The molecule has 0 saturated heterocycles. The Morgan fingerprint density at radius 2 is 2.16 bits per heavy atom. The Labute approximate surface area is 150 Å². The third-order valence-electron chi connectivity index (χ3n) is 4.43. The Hall–Kier alpha value is -1.96. The molecular weight excluding hydrogens is 341 g/mol. The van der Waals surface area contributed by atoms with Gasteiger partial charge in [0.15, 0.2) is 0 Å². The van der Waals surface area contributed by atoms with Gasteiger partial charge in [-0.25, -0.2) is 9.07 Å². The molecule has 25 heavy (non-hydrogen) atoms. The Balaban J connectivity index is 1.49. The molecule has 3 rings (SSSR count). The predicted molar refractivity (Wildman–Crippen MR) is 93.6 cm³/mol. The first kappa shape index (κ1) is 17.8. The summed E-state index contributed by atoms with van der Waals surface area (Å²) in [6.45, 7) is 2.09. The van der Waals surface area contributed by atoms with Crippen molar-refractivity contribution >= 4 is 17.7 Å². The average Bonchev–Trinajstić information content (AvgIpc) is 3.10. The van der Waals surface area contributed by atoms with Gasteiger partial charge in [-0.3, -0.25) is 4.79 Å². The Kier molecular flexibility index (Phi) is 6.01. The van der Waals surface area contributed by atoms with Crippen molar-refractivity contribution in [2.24, 2.45) is 0 Å². The molecule has 0 aliphatic heterocycles. The fraction of sp³-hybridized carbons (Fsp3) is 0.529. The predicted octanol–water partition coefficient (Wildman–Crippen LogP) is 3.03. The number of amides is 1. The van der Waals surface area contributed by atoms with Crippen molar-refractivity contribution in [3.8, 4) is 0 Å². The van der Waals surface area contributed by atoms with E-state index in [9.17, 15) is 9.18 Å². The molecule has 1 aromatic carbocycles. The van der Waals surface area contributed by atoms with Crippen molar-refractivity contribution in [2.75, 3.05) is 5.75 Å². The van der Waals surface area contributed by atoms with Gasteiger partial charge in [0, 0.05) is 6.54 Å². The number of halogens is 1. The molecule has 0 radical (unpaired) electrons. The molecule has 0 spiro atoms. The number of tetrazole rings is 1. The van der Waals surface area contributed by atoms with Crippen LogP contribution in [-0.2, 0) is 11.3 Å². The molecule has 1 amide bonds. The fourth-order valence-electron chi connectivity index (χ4n) is 3.03. The Morgan fingerprint density at radius 3 is 2.92 bits per heavy atom. The molecule has 8 heteroatoms. The molecule has 1 aliphatic carbocycles. The molecule has 1 heterocycles. The molecule has 1 N–H and O–H groups in total. The van der Waals surface area contributed by atoms with E-state index in [2.05, 4.69) is 20.8 Å². The lowest BCUT2D eigenvalue weighted by molar-refractivity contribution is -0.118. The van der Waals surface area contributed by atoms with Crippen LogP contribution in [-0.4, -0.2) is 31.9 Å². The minimum atomic E-state index is -0.236. The van der Waals surface area contributed by atoms with E-state index in [-0.39, 0.29) is 17.5 Å². The van der Waals surface area contributed by atoms with Gasteiger partial charge in [0.1, 0.15) is 5.82 Å². The van der Waals surface area contributed by atoms with Crippen LogP contribution in [0, 0.1) is 12.7 Å². The first-order valence-electron chi connectivity index (χ1n) is 8.56. The van der Waals surface area contributed by atoms with Crippen LogP contribution in [0.15, 0.2) is 23.4 Å².